The molecule has 0 fully saturated rings. The van der Waals surface area contributed by atoms with Crippen LogP contribution in [0, 0.1) is 0 Å². The Labute approximate surface area is 78.1 Å². The van der Waals surface area contributed by atoms with Crippen LogP contribution in [-0.4, -0.2) is 35.3 Å². The number of nitrogens with two attached hydrogens (primary N) is 2. The first kappa shape index (κ1) is 11.9. The lowest BCUT2D eigenvalue weighted by atomic mass is 10.1. The Morgan fingerprint density at radius 2 is 1.85 bits per heavy atom. The average molecular weight is 187 g/mol. The minimum absolute atomic E-state index is 0.0734. The number of carbonyl (C=O) groups is 2. The van der Waals surface area contributed by atoms with Crippen molar-refractivity contribution in [1.82, 2.24) is 4.90 Å². The van der Waals surface area contributed by atoms with Crippen LogP contribution in [0.1, 0.15) is 20.8 Å². The Kier molecular flexibility index (Phi) is 3.87. The molecular weight excluding hydrogens is 170 g/mol. The van der Waals surface area contributed by atoms with Crippen LogP contribution in [0.2, 0.25) is 0 Å². The van der Waals surface area contributed by atoms with Crippen molar-refractivity contribution < 1.29 is 9.59 Å². The van der Waals surface area contributed by atoms with Gasteiger partial charge in [-0.3, -0.25) is 9.59 Å². The molecule has 0 saturated carbocycles. The van der Waals surface area contributed by atoms with Crippen LogP contribution in [0.15, 0.2) is 0 Å². The van der Waals surface area contributed by atoms with Crippen molar-refractivity contribution in [3.05, 3.63) is 0 Å². The average Bonchev–Trinajstić information content (AvgIpc) is 1.96. The van der Waals surface area contributed by atoms with Gasteiger partial charge in [-0.25, -0.2) is 0 Å². The molecule has 0 aliphatic rings. The zero-order valence-electron chi connectivity index (χ0n) is 8.33. The predicted molar refractivity (Wildman–Crippen MR) is 49.7 cm³/mol. The lowest BCUT2D eigenvalue weighted by molar-refractivity contribution is -0.138. The third-order valence-electron chi connectivity index (χ3n) is 1.57. The van der Waals surface area contributed by atoms with E-state index in [4.69, 9.17) is 11.5 Å². The number of amides is 2. The summed E-state index contributed by atoms with van der Waals surface area (Å²) in [6, 6.07) is 0. The minimum atomic E-state index is -0.953. The van der Waals surface area contributed by atoms with Crippen LogP contribution < -0.4 is 11.5 Å². The van der Waals surface area contributed by atoms with E-state index in [1.54, 1.807) is 20.8 Å². The second kappa shape index (κ2) is 4.23. The first-order valence-corrected chi connectivity index (χ1v) is 4.15. The molecule has 0 heterocycles. The second-order valence-corrected chi connectivity index (χ2v) is 3.51. The monoisotopic (exact) mass is 187 g/mol. The molecule has 4 N–H and O–H groups in total. The molecule has 2 amide bonds. The van der Waals surface area contributed by atoms with Crippen LogP contribution >= 0.6 is 0 Å². The summed E-state index contributed by atoms with van der Waals surface area (Å²) in [7, 11) is 0. The number of hydrogen-bond acceptors (Lipinski definition) is 3. The summed E-state index contributed by atoms with van der Waals surface area (Å²) >= 11 is 0. The molecule has 0 bridgehead atoms. The van der Waals surface area contributed by atoms with Crippen molar-refractivity contribution in [2.45, 2.75) is 26.3 Å². The van der Waals surface area contributed by atoms with Crippen LogP contribution in [0.4, 0.5) is 0 Å². The van der Waals surface area contributed by atoms with Gasteiger partial charge in [0.15, 0.2) is 0 Å². The summed E-state index contributed by atoms with van der Waals surface area (Å²) < 4.78 is 0. The van der Waals surface area contributed by atoms with Crippen molar-refractivity contribution in [2.75, 3.05) is 13.1 Å². The van der Waals surface area contributed by atoms with Gasteiger partial charge in [-0.1, -0.05) is 0 Å². The molecule has 5 heteroatoms. The van der Waals surface area contributed by atoms with E-state index in [1.807, 2.05) is 0 Å². The molecule has 0 radical (unpaired) electrons. The van der Waals surface area contributed by atoms with Gasteiger partial charge in [-0.2, -0.15) is 0 Å². The maximum atomic E-state index is 11.5. The molecule has 0 rings (SSSR count). The van der Waals surface area contributed by atoms with Gasteiger partial charge < -0.3 is 16.4 Å². The number of carbonyl (C=O) groups excluding carboxylic acids is 2. The van der Waals surface area contributed by atoms with E-state index in [-0.39, 0.29) is 12.5 Å². The third-order valence-corrected chi connectivity index (χ3v) is 1.57. The quantitative estimate of drug-likeness (QED) is 0.595. The fraction of sp³-hybridized carbons (Fsp3) is 0.750. The molecule has 0 spiro atoms. The van der Waals surface area contributed by atoms with E-state index in [0.717, 1.165) is 0 Å². The van der Waals surface area contributed by atoms with Gasteiger partial charge in [0.25, 0.3) is 0 Å². The molecule has 5 nitrogen and oxygen atoms in total. The molecule has 0 aliphatic carbocycles. The van der Waals surface area contributed by atoms with E-state index >= 15 is 0 Å². The largest absolute Gasteiger partial charge is 0.368 e. The van der Waals surface area contributed by atoms with Crippen LogP contribution in [0.3, 0.4) is 0 Å². The standard InChI is InChI=1S/C8H17N3O2/c1-4-11(5-6(9)12)7(13)8(2,3)10/h4-5,10H2,1-3H3,(H2,9,12). The second-order valence-electron chi connectivity index (χ2n) is 3.51. The highest BCUT2D eigenvalue weighted by Gasteiger charge is 2.27. The Morgan fingerprint density at radius 3 is 2.08 bits per heavy atom. The Bertz CT molecular complexity index is 208. The van der Waals surface area contributed by atoms with Gasteiger partial charge in [0.1, 0.15) is 0 Å². The summed E-state index contributed by atoms with van der Waals surface area (Å²) in [5.41, 5.74) is 9.61. The molecule has 0 aromatic carbocycles. The van der Waals surface area contributed by atoms with Gasteiger partial charge in [0.2, 0.25) is 11.8 Å². The first-order valence-electron chi connectivity index (χ1n) is 4.15. The molecule has 0 saturated heterocycles. The summed E-state index contributed by atoms with van der Waals surface area (Å²) in [5, 5.41) is 0. The minimum Gasteiger partial charge on any atom is -0.368 e. The van der Waals surface area contributed by atoms with Gasteiger partial charge in [-0.05, 0) is 20.8 Å². The van der Waals surface area contributed by atoms with Crippen molar-refractivity contribution >= 4 is 11.8 Å². The normalized spacial score (nSPS) is 11.1. The predicted octanol–water partition coefficient (Wildman–Crippen LogP) is -0.942. The highest BCUT2D eigenvalue weighted by molar-refractivity contribution is 5.89. The number of hydrogen-bond donors (Lipinski definition) is 2. The summed E-state index contributed by atoms with van der Waals surface area (Å²) in [6.45, 7) is 5.32. The van der Waals surface area contributed by atoms with Crippen molar-refractivity contribution in [1.29, 1.82) is 0 Å². The molecule has 0 aliphatic heterocycles. The van der Waals surface area contributed by atoms with Crippen LogP contribution in [0.25, 0.3) is 0 Å². The van der Waals surface area contributed by atoms with Gasteiger partial charge >= 0.3 is 0 Å². The lowest BCUT2D eigenvalue weighted by Gasteiger charge is -2.27. The van der Waals surface area contributed by atoms with Gasteiger partial charge in [0, 0.05) is 6.54 Å². The molecule has 0 atom stereocenters. The van der Waals surface area contributed by atoms with E-state index < -0.39 is 11.4 Å². The topological polar surface area (TPSA) is 89.4 Å². The summed E-state index contributed by atoms with van der Waals surface area (Å²) in [5.74, 6) is -0.798. The van der Waals surface area contributed by atoms with E-state index in [0.29, 0.717) is 6.54 Å². The Hall–Kier alpha value is -1.10. The van der Waals surface area contributed by atoms with Crippen molar-refractivity contribution in [3.8, 4) is 0 Å². The van der Waals surface area contributed by atoms with Crippen molar-refractivity contribution in [2.24, 2.45) is 11.5 Å². The van der Waals surface area contributed by atoms with Crippen LogP contribution in [-0.2, 0) is 9.59 Å². The Balaban J connectivity index is 4.41. The zero-order valence-corrected chi connectivity index (χ0v) is 8.33. The zero-order chi connectivity index (χ0) is 10.6. The molecule has 0 aromatic rings. The maximum absolute atomic E-state index is 11.5. The highest BCUT2D eigenvalue weighted by atomic mass is 16.2. The number of rotatable bonds is 4. The summed E-state index contributed by atoms with van der Waals surface area (Å²) in [4.78, 5) is 23.4. The Morgan fingerprint density at radius 1 is 1.38 bits per heavy atom. The molecule has 13 heavy (non-hydrogen) atoms. The van der Waals surface area contributed by atoms with Gasteiger partial charge in [-0.15, -0.1) is 0 Å². The molecular formula is C8H17N3O2. The third kappa shape index (κ3) is 3.89. The summed E-state index contributed by atoms with van der Waals surface area (Å²) in [6.07, 6.45) is 0. The number of primary amides is 1. The highest BCUT2D eigenvalue weighted by Crippen LogP contribution is 2.03. The number of nitrogens with zero attached hydrogens (tertiary/aromatic N) is 1. The van der Waals surface area contributed by atoms with E-state index in [1.165, 1.54) is 4.90 Å². The molecule has 0 aromatic heterocycles. The van der Waals surface area contributed by atoms with Crippen LogP contribution in [0.5, 0.6) is 0 Å². The van der Waals surface area contributed by atoms with Gasteiger partial charge in [0.05, 0.1) is 12.1 Å². The SMILES string of the molecule is CCN(CC(N)=O)C(=O)C(C)(C)N. The molecule has 76 valence electrons. The van der Waals surface area contributed by atoms with E-state index in [2.05, 4.69) is 0 Å². The maximum Gasteiger partial charge on any atom is 0.242 e. The fourth-order valence-electron chi connectivity index (χ4n) is 0.923. The van der Waals surface area contributed by atoms with Crippen molar-refractivity contribution in [3.63, 3.8) is 0 Å². The fourth-order valence-corrected chi connectivity index (χ4v) is 0.923. The first-order chi connectivity index (χ1) is 5.79. The molecule has 0 unspecified atom stereocenters. The number of likely N-dealkylation sites (N-methyl/N-ethyl adjacent to an activating group) is 1. The smallest absolute Gasteiger partial charge is 0.242 e. The van der Waals surface area contributed by atoms with E-state index in [9.17, 15) is 9.59 Å². The lowest BCUT2D eigenvalue weighted by Crippen LogP contribution is -2.52.